The summed E-state index contributed by atoms with van der Waals surface area (Å²) in [5, 5.41) is 13.1. The van der Waals surface area contributed by atoms with Crippen LogP contribution < -0.4 is 5.32 Å². The van der Waals surface area contributed by atoms with Gasteiger partial charge in [0.25, 0.3) is 0 Å². The van der Waals surface area contributed by atoms with E-state index in [1.165, 1.54) is 12.8 Å². The lowest BCUT2D eigenvalue weighted by molar-refractivity contribution is 0.152. The third kappa shape index (κ3) is 1.98. The Bertz CT molecular complexity index is 440. The zero-order valence-electron chi connectivity index (χ0n) is 10.1. The second-order valence-corrected chi connectivity index (χ2v) is 5.33. The van der Waals surface area contributed by atoms with Gasteiger partial charge in [-0.25, -0.2) is 0 Å². The maximum Gasteiger partial charge on any atom is 0.115 e. The van der Waals surface area contributed by atoms with E-state index in [1.54, 1.807) is 6.07 Å². The van der Waals surface area contributed by atoms with Gasteiger partial charge in [-0.2, -0.15) is 0 Å². The lowest BCUT2D eigenvalue weighted by Gasteiger charge is -2.42. The molecule has 0 bridgehead atoms. The van der Waals surface area contributed by atoms with Crippen molar-refractivity contribution >= 4 is 0 Å². The van der Waals surface area contributed by atoms with Crippen molar-refractivity contribution in [1.29, 1.82) is 0 Å². The molecule has 2 aliphatic rings. The summed E-state index contributed by atoms with van der Waals surface area (Å²) in [5.41, 5.74) is 1.16. The number of fused-ring (bicyclic) bond motifs is 1. The molecule has 4 unspecified atom stereocenters. The number of allylic oxidation sites excluding steroid dienone is 1. The molecule has 0 amide bonds. The number of nitrogens with one attached hydrogen (secondary N) is 1. The smallest absolute Gasteiger partial charge is 0.115 e. The molecule has 0 saturated heterocycles. The lowest BCUT2D eigenvalue weighted by atomic mass is 9.71. The van der Waals surface area contributed by atoms with Crippen LogP contribution in [0.2, 0.25) is 0 Å². The van der Waals surface area contributed by atoms with E-state index in [4.69, 9.17) is 0 Å². The summed E-state index contributed by atoms with van der Waals surface area (Å²) in [4.78, 5) is 0. The Labute approximate surface area is 102 Å². The van der Waals surface area contributed by atoms with Crippen molar-refractivity contribution in [3.63, 3.8) is 0 Å². The first-order valence-corrected chi connectivity index (χ1v) is 6.45. The van der Waals surface area contributed by atoms with Gasteiger partial charge in [-0.1, -0.05) is 24.3 Å². The molecule has 1 fully saturated rings. The molecule has 1 aromatic rings. The fourth-order valence-electron chi connectivity index (χ4n) is 3.12. The molecule has 90 valence electrons. The SMILES string of the molecule is CC(NC1CC2CC=CC21)c1cccc(O)c1. The number of aromatic hydroxyl groups is 1. The molecule has 0 heterocycles. The van der Waals surface area contributed by atoms with Crippen LogP contribution in [-0.4, -0.2) is 11.1 Å². The number of phenolic OH excluding ortho intramolecular Hbond substituents is 1. The lowest BCUT2D eigenvalue weighted by Crippen LogP contribution is -2.48. The topological polar surface area (TPSA) is 32.3 Å². The van der Waals surface area contributed by atoms with Crippen LogP contribution in [-0.2, 0) is 0 Å². The van der Waals surface area contributed by atoms with E-state index < -0.39 is 0 Å². The molecule has 0 radical (unpaired) electrons. The fraction of sp³-hybridized carbons (Fsp3) is 0.467. The molecular weight excluding hydrogens is 210 g/mol. The van der Waals surface area contributed by atoms with E-state index in [0.29, 0.717) is 17.8 Å². The van der Waals surface area contributed by atoms with Crippen LogP contribution in [0, 0.1) is 11.8 Å². The molecule has 2 nitrogen and oxygen atoms in total. The van der Waals surface area contributed by atoms with Crippen molar-refractivity contribution in [2.45, 2.75) is 31.8 Å². The molecule has 1 aromatic carbocycles. The Hall–Kier alpha value is -1.28. The van der Waals surface area contributed by atoms with Crippen LogP contribution in [0.3, 0.4) is 0 Å². The highest BCUT2D eigenvalue weighted by Gasteiger charge is 2.41. The van der Waals surface area contributed by atoms with E-state index in [1.807, 2.05) is 12.1 Å². The Morgan fingerprint density at radius 1 is 1.41 bits per heavy atom. The van der Waals surface area contributed by atoms with Gasteiger partial charge < -0.3 is 10.4 Å². The van der Waals surface area contributed by atoms with Crippen molar-refractivity contribution in [2.75, 3.05) is 0 Å². The van der Waals surface area contributed by atoms with E-state index >= 15 is 0 Å². The highest BCUT2D eigenvalue weighted by Crippen LogP contribution is 2.43. The predicted molar refractivity (Wildman–Crippen MR) is 68.8 cm³/mol. The van der Waals surface area contributed by atoms with Crippen LogP contribution in [0.15, 0.2) is 36.4 Å². The Morgan fingerprint density at radius 3 is 3.06 bits per heavy atom. The predicted octanol–water partition coefficient (Wildman–Crippen LogP) is 3.01. The van der Waals surface area contributed by atoms with Crippen LogP contribution in [0.25, 0.3) is 0 Å². The first-order chi connectivity index (χ1) is 8.24. The summed E-state index contributed by atoms with van der Waals surface area (Å²) in [6.45, 7) is 2.17. The second-order valence-electron chi connectivity index (χ2n) is 5.33. The van der Waals surface area contributed by atoms with Crippen molar-refractivity contribution in [3.05, 3.63) is 42.0 Å². The number of benzene rings is 1. The normalized spacial score (nSPS) is 31.9. The third-order valence-corrected chi connectivity index (χ3v) is 4.20. The fourth-order valence-corrected chi connectivity index (χ4v) is 3.12. The monoisotopic (exact) mass is 229 g/mol. The summed E-state index contributed by atoms with van der Waals surface area (Å²) in [6.07, 6.45) is 7.24. The van der Waals surface area contributed by atoms with Gasteiger partial charge in [-0.15, -0.1) is 0 Å². The Kier molecular flexibility index (Phi) is 2.67. The highest BCUT2D eigenvalue weighted by molar-refractivity contribution is 5.29. The maximum atomic E-state index is 9.48. The van der Waals surface area contributed by atoms with Crippen LogP contribution >= 0.6 is 0 Å². The largest absolute Gasteiger partial charge is 0.508 e. The van der Waals surface area contributed by atoms with Crippen molar-refractivity contribution < 1.29 is 5.11 Å². The molecule has 0 aliphatic heterocycles. The van der Waals surface area contributed by atoms with Crippen LogP contribution in [0.1, 0.15) is 31.4 Å². The molecule has 2 aliphatic carbocycles. The van der Waals surface area contributed by atoms with Gasteiger partial charge in [-0.3, -0.25) is 0 Å². The minimum absolute atomic E-state index is 0.307. The van der Waals surface area contributed by atoms with Gasteiger partial charge in [0.05, 0.1) is 0 Å². The van der Waals surface area contributed by atoms with E-state index in [-0.39, 0.29) is 0 Å². The molecule has 2 N–H and O–H groups in total. The summed E-state index contributed by atoms with van der Waals surface area (Å²) >= 11 is 0. The number of rotatable bonds is 3. The molecule has 4 atom stereocenters. The van der Waals surface area contributed by atoms with Crippen molar-refractivity contribution in [3.8, 4) is 5.75 Å². The zero-order chi connectivity index (χ0) is 11.8. The quantitative estimate of drug-likeness (QED) is 0.781. The summed E-state index contributed by atoms with van der Waals surface area (Å²) in [5.74, 6) is 1.99. The van der Waals surface area contributed by atoms with Crippen LogP contribution in [0.4, 0.5) is 0 Å². The number of hydrogen-bond donors (Lipinski definition) is 2. The van der Waals surface area contributed by atoms with Gasteiger partial charge >= 0.3 is 0 Å². The van der Waals surface area contributed by atoms with Crippen molar-refractivity contribution in [2.24, 2.45) is 11.8 Å². The van der Waals surface area contributed by atoms with E-state index in [2.05, 4.69) is 30.5 Å². The first kappa shape index (κ1) is 10.8. The zero-order valence-corrected chi connectivity index (χ0v) is 10.1. The second kappa shape index (κ2) is 4.19. The molecular formula is C15H19NO. The van der Waals surface area contributed by atoms with Crippen LogP contribution in [0.5, 0.6) is 5.75 Å². The minimum Gasteiger partial charge on any atom is -0.508 e. The average Bonchev–Trinajstić information content (AvgIpc) is 2.67. The standard InChI is InChI=1S/C15H19NO/c1-10(11-4-2-6-13(17)8-11)16-15-9-12-5-3-7-14(12)15/h2-4,6-8,10,12,14-17H,5,9H2,1H3. The third-order valence-electron chi connectivity index (χ3n) is 4.20. The van der Waals surface area contributed by atoms with E-state index in [9.17, 15) is 5.11 Å². The van der Waals surface area contributed by atoms with Gasteiger partial charge in [0.2, 0.25) is 0 Å². The molecule has 2 heteroatoms. The van der Waals surface area contributed by atoms with Crippen molar-refractivity contribution in [1.82, 2.24) is 5.32 Å². The van der Waals surface area contributed by atoms with Gasteiger partial charge in [-0.05, 0) is 49.3 Å². The minimum atomic E-state index is 0.307. The first-order valence-electron chi connectivity index (χ1n) is 6.45. The molecule has 17 heavy (non-hydrogen) atoms. The molecule has 0 aromatic heterocycles. The number of phenols is 1. The molecule has 0 spiro atoms. The molecule has 1 saturated carbocycles. The van der Waals surface area contributed by atoms with Gasteiger partial charge in [0.1, 0.15) is 5.75 Å². The highest BCUT2D eigenvalue weighted by atomic mass is 16.3. The summed E-state index contributed by atoms with van der Waals surface area (Å²) in [6, 6.07) is 8.46. The Balaban J connectivity index is 1.64. The number of hydrogen-bond acceptors (Lipinski definition) is 2. The maximum absolute atomic E-state index is 9.48. The summed E-state index contributed by atoms with van der Waals surface area (Å²) in [7, 11) is 0. The Morgan fingerprint density at radius 2 is 2.29 bits per heavy atom. The van der Waals surface area contributed by atoms with Gasteiger partial charge in [0, 0.05) is 12.1 Å². The summed E-state index contributed by atoms with van der Waals surface area (Å²) < 4.78 is 0. The van der Waals surface area contributed by atoms with E-state index in [0.717, 1.165) is 17.4 Å². The average molecular weight is 229 g/mol. The van der Waals surface area contributed by atoms with Gasteiger partial charge in [0.15, 0.2) is 0 Å². The molecule has 3 rings (SSSR count).